The molecule has 4 rings (SSSR count). The summed E-state index contributed by atoms with van der Waals surface area (Å²) in [6.45, 7) is 1.96. The van der Waals surface area contributed by atoms with Gasteiger partial charge in [-0.25, -0.2) is 17.2 Å². The largest absolute Gasteiger partial charge is 0.484 e. The van der Waals surface area contributed by atoms with Gasteiger partial charge in [-0.05, 0) is 78.2 Å². The summed E-state index contributed by atoms with van der Waals surface area (Å²) in [5.74, 6) is -1.50. The number of benzene rings is 4. The third-order valence-corrected chi connectivity index (χ3v) is 8.08. The summed E-state index contributed by atoms with van der Waals surface area (Å²) in [5, 5.41) is 2.88. The van der Waals surface area contributed by atoms with E-state index in [0.29, 0.717) is 18.5 Å². The Morgan fingerprint density at radius 2 is 1.43 bits per heavy atom. The van der Waals surface area contributed by atoms with Crippen LogP contribution in [0, 0.1) is 11.6 Å². The van der Waals surface area contributed by atoms with Crippen molar-refractivity contribution in [2.45, 2.75) is 37.2 Å². The normalized spacial score (nSPS) is 11.8. The monoisotopic (exact) mass is 621 g/mol. The first-order chi connectivity index (χ1) is 21.1. The molecule has 230 valence electrons. The lowest BCUT2D eigenvalue weighted by Gasteiger charge is -2.31. The number of rotatable bonds is 14. The molecular formula is C33H33F2N3O5S. The van der Waals surface area contributed by atoms with Crippen LogP contribution in [0.5, 0.6) is 5.75 Å². The third-order valence-electron chi connectivity index (χ3n) is 6.68. The van der Waals surface area contributed by atoms with E-state index in [2.05, 4.69) is 10.0 Å². The maximum absolute atomic E-state index is 13.7. The Kier molecular flexibility index (Phi) is 11.0. The molecule has 4 aromatic rings. The van der Waals surface area contributed by atoms with Crippen LogP contribution in [0.4, 0.5) is 14.5 Å². The molecule has 0 spiro atoms. The van der Waals surface area contributed by atoms with Gasteiger partial charge in [0, 0.05) is 25.2 Å². The highest BCUT2D eigenvalue weighted by Crippen LogP contribution is 2.21. The fraction of sp³-hybridized carbons (Fsp3) is 0.212. The van der Waals surface area contributed by atoms with E-state index >= 15 is 0 Å². The van der Waals surface area contributed by atoms with E-state index in [9.17, 15) is 26.8 Å². The Balaban J connectivity index is 1.52. The van der Waals surface area contributed by atoms with Gasteiger partial charge in [0.25, 0.3) is 15.9 Å². The smallest absolute Gasteiger partial charge is 0.261 e. The number of carbonyl (C=O) groups is 2. The lowest BCUT2D eigenvalue weighted by Crippen LogP contribution is -2.51. The minimum Gasteiger partial charge on any atom is -0.484 e. The molecule has 1 unspecified atom stereocenters. The number of ether oxygens (including phenoxy) is 1. The van der Waals surface area contributed by atoms with E-state index in [0.717, 1.165) is 17.7 Å². The molecule has 0 saturated heterocycles. The summed E-state index contributed by atoms with van der Waals surface area (Å²) < 4.78 is 60.4. The van der Waals surface area contributed by atoms with E-state index in [1.54, 1.807) is 12.1 Å². The van der Waals surface area contributed by atoms with Crippen LogP contribution in [0.3, 0.4) is 0 Å². The highest BCUT2D eigenvalue weighted by Gasteiger charge is 2.30. The van der Waals surface area contributed by atoms with Crippen LogP contribution in [0.15, 0.2) is 108 Å². The van der Waals surface area contributed by atoms with Gasteiger partial charge in [0.05, 0.1) is 4.90 Å². The molecule has 44 heavy (non-hydrogen) atoms. The first-order valence-electron chi connectivity index (χ1n) is 14.0. The van der Waals surface area contributed by atoms with E-state index in [1.165, 1.54) is 53.4 Å². The van der Waals surface area contributed by atoms with Crippen LogP contribution >= 0.6 is 0 Å². The average Bonchev–Trinajstić information content (AvgIpc) is 3.03. The fourth-order valence-corrected chi connectivity index (χ4v) is 5.44. The molecule has 1 atom stereocenters. The van der Waals surface area contributed by atoms with Crippen LogP contribution in [0.1, 0.15) is 24.5 Å². The minimum absolute atomic E-state index is 0.0335. The van der Waals surface area contributed by atoms with Crippen molar-refractivity contribution < 1.29 is 31.5 Å². The third kappa shape index (κ3) is 9.11. The number of hydrogen-bond acceptors (Lipinski definition) is 5. The highest BCUT2D eigenvalue weighted by molar-refractivity contribution is 7.92. The summed E-state index contributed by atoms with van der Waals surface area (Å²) in [6, 6.07) is 24.5. The quantitative estimate of drug-likeness (QED) is 0.199. The van der Waals surface area contributed by atoms with Crippen molar-refractivity contribution in [3.8, 4) is 5.75 Å². The van der Waals surface area contributed by atoms with Crippen LogP contribution < -0.4 is 14.8 Å². The van der Waals surface area contributed by atoms with Crippen LogP contribution in [-0.4, -0.2) is 44.3 Å². The second kappa shape index (κ2) is 15.1. The molecule has 0 aliphatic heterocycles. The minimum atomic E-state index is -3.96. The average molecular weight is 622 g/mol. The maximum Gasteiger partial charge on any atom is 0.261 e. The van der Waals surface area contributed by atoms with Crippen molar-refractivity contribution in [1.29, 1.82) is 0 Å². The summed E-state index contributed by atoms with van der Waals surface area (Å²) in [4.78, 5) is 28.4. The van der Waals surface area contributed by atoms with Gasteiger partial charge >= 0.3 is 0 Å². The van der Waals surface area contributed by atoms with Crippen molar-refractivity contribution in [2.75, 3.05) is 17.9 Å². The Morgan fingerprint density at radius 3 is 2.05 bits per heavy atom. The summed E-state index contributed by atoms with van der Waals surface area (Å²) in [5.41, 5.74) is 1.68. The molecule has 11 heteroatoms. The van der Waals surface area contributed by atoms with E-state index in [-0.39, 0.29) is 35.2 Å². The van der Waals surface area contributed by atoms with E-state index in [4.69, 9.17) is 4.74 Å². The lowest BCUT2D eigenvalue weighted by molar-refractivity contribution is -0.142. The molecule has 0 fully saturated rings. The molecule has 0 aliphatic rings. The van der Waals surface area contributed by atoms with Crippen molar-refractivity contribution >= 4 is 27.5 Å². The van der Waals surface area contributed by atoms with Crippen LogP contribution in [-0.2, 0) is 32.6 Å². The van der Waals surface area contributed by atoms with Crippen LogP contribution in [0.2, 0.25) is 0 Å². The molecule has 0 radical (unpaired) electrons. The molecule has 2 amide bonds. The number of halogens is 2. The zero-order valence-electron chi connectivity index (χ0n) is 24.1. The first kappa shape index (κ1) is 32.2. The van der Waals surface area contributed by atoms with Gasteiger partial charge in [-0.2, -0.15) is 0 Å². The SMILES string of the molecule is CCCNC(=O)C(Cc1ccccc1)N(Cc1ccc(F)cc1)C(=O)COc1ccc(S(=O)(=O)Nc2ccc(F)cc2)cc1. The number of nitrogens with one attached hydrogen (secondary N) is 2. The number of anilines is 1. The fourth-order valence-electron chi connectivity index (χ4n) is 4.38. The van der Waals surface area contributed by atoms with Gasteiger partial charge in [0.1, 0.15) is 23.4 Å². The zero-order valence-corrected chi connectivity index (χ0v) is 24.9. The highest BCUT2D eigenvalue weighted by atomic mass is 32.2. The standard InChI is InChI=1S/C33H33F2N3O5S/c1-2-20-36-33(40)31(21-24-6-4-3-5-7-24)38(22-25-8-10-26(34)11-9-25)32(39)23-43-29-16-18-30(19-17-29)44(41,42)37-28-14-12-27(35)13-15-28/h3-19,31,37H,2,20-23H2,1H3,(H,36,40). The van der Waals surface area contributed by atoms with Crippen LogP contribution in [0.25, 0.3) is 0 Å². The van der Waals surface area contributed by atoms with E-state index < -0.39 is 40.2 Å². The van der Waals surface area contributed by atoms with Gasteiger partial charge in [-0.1, -0.05) is 49.4 Å². The molecule has 4 aromatic carbocycles. The van der Waals surface area contributed by atoms with Gasteiger partial charge in [-0.3, -0.25) is 14.3 Å². The number of nitrogens with zero attached hydrogens (tertiary/aromatic N) is 1. The number of sulfonamides is 1. The second-order valence-corrected chi connectivity index (χ2v) is 11.7. The lowest BCUT2D eigenvalue weighted by atomic mass is 10.0. The summed E-state index contributed by atoms with van der Waals surface area (Å²) in [6.07, 6.45) is 0.959. The Hall–Kier alpha value is -4.77. The number of carbonyl (C=O) groups excluding carboxylic acids is 2. The van der Waals surface area contributed by atoms with Gasteiger partial charge in [0.2, 0.25) is 5.91 Å². The van der Waals surface area contributed by atoms with Gasteiger partial charge < -0.3 is 15.0 Å². The molecule has 2 N–H and O–H groups in total. The molecule has 0 heterocycles. The predicted molar refractivity (Wildman–Crippen MR) is 163 cm³/mol. The van der Waals surface area contributed by atoms with Crippen molar-refractivity contribution in [3.05, 3.63) is 126 Å². The molecule has 8 nitrogen and oxygen atoms in total. The predicted octanol–water partition coefficient (Wildman–Crippen LogP) is 5.31. The Morgan fingerprint density at radius 1 is 0.818 bits per heavy atom. The molecule has 0 saturated carbocycles. The van der Waals surface area contributed by atoms with Crippen molar-refractivity contribution in [2.24, 2.45) is 0 Å². The van der Waals surface area contributed by atoms with E-state index in [1.807, 2.05) is 37.3 Å². The molecule has 0 aromatic heterocycles. The summed E-state index contributed by atoms with van der Waals surface area (Å²) >= 11 is 0. The maximum atomic E-state index is 13.7. The Labute approximate surface area is 255 Å². The molecule has 0 aliphatic carbocycles. The number of hydrogen-bond donors (Lipinski definition) is 2. The molecule has 0 bridgehead atoms. The topological polar surface area (TPSA) is 105 Å². The zero-order chi connectivity index (χ0) is 31.5. The molecular weight excluding hydrogens is 588 g/mol. The first-order valence-corrected chi connectivity index (χ1v) is 15.5. The van der Waals surface area contributed by atoms with Gasteiger partial charge in [0.15, 0.2) is 6.61 Å². The number of amides is 2. The second-order valence-electron chi connectivity index (χ2n) is 10.0. The van der Waals surface area contributed by atoms with Crippen molar-refractivity contribution in [3.63, 3.8) is 0 Å². The Bertz CT molecular complexity index is 1630. The van der Waals surface area contributed by atoms with Crippen molar-refractivity contribution in [1.82, 2.24) is 10.2 Å². The summed E-state index contributed by atoms with van der Waals surface area (Å²) in [7, 11) is -3.96. The van der Waals surface area contributed by atoms with Gasteiger partial charge in [-0.15, -0.1) is 0 Å².